The molecule has 0 aliphatic heterocycles. The number of fused-ring (bicyclic) bond motifs is 1. The van der Waals surface area contributed by atoms with E-state index >= 15 is 0 Å². The number of rotatable bonds is 1. The van der Waals surface area contributed by atoms with Gasteiger partial charge in [0.2, 0.25) is 0 Å². The molecule has 0 atom stereocenters. The van der Waals surface area contributed by atoms with E-state index in [1.807, 2.05) is 63.2 Å². The van der Waals surface area contributed by atoms with Gasteiger partial charge in [-0.05, 0) is 68.0 Å². The zero-order valence-electron chi connectivity index (χ0n) is 14.3. The third kappa shape index (κ3) is 3.20. The Morgan fingerprint density at radius 3 is 2.38 bits per heavy atom. The van der Waals surface area contributed by atoms with Gasteiger partial charge in [0.25, 0.3) is 0 Å². The third-order valence-electron chi connectivity index (χ3n) is 3.68. The van der Waals surface area contributed by atoms with Crippen molar-refractivity contribution in [3.8, 4) is 11.3 Å². The first-order chi connectivity index (χ1) is 11.3. The molecule has 0 radical (unpaired) electrons. The van der Waals surface area contributed by atoms with Crippen molar-refractivity contribution in [3.63, 3.8) is 0 Å². The number of nitrogens with zero attached hydrogens (tertiary/aromatic N) is 1. The van der Waals surface area contributed by atoms with Gasteiger partial charge in [-0.2, -0.15) is 0 Å². The van der Waals surface area contributed by atoms with Crippen molar-refractivity contribution < 1.29 is 9.53 Å². The van der Waals surface area contributed by atoms with E-state index in [1.54, 1.807) is 4.57 Å². The summed E-state index contributed by atoms with van der Waals surface area (Å²) in [5.41, 5.74) is 3.38. The second-order valence-electron chi connectivity index (χ2n) is 6.86. The molecule has 1 heterocycles. The molecule has 2 aromatic carbocycles. The van der Waals surface area contributed by atoms with Gasteiger partial charge in [0.05, 0.1) is 11.2 Å². The largest absolute Gasteiger partial charge is 0.443 e. The van der Waals surface area contributed by atoms with E-state index in [9.17, 15) is 4.79 Å². The zero-order chi connectivity index (χ0) is 17.5. The second-order valence-corrected chi connectivity index (χ2v) is 7.94. The van der Waals surface area contributed by atoms with Crippen LogP contribution in [0.1, 0.15) is 26.3 Å². The average Bonchev–Trinajstić information content (AvgIpc) is 2.79. The number of ether oxygens (including phenoxy) is 1. The zero-order valence-corrected chi connectivity index (χ0v) is 16.4. The summed E-state index contributed by atoms with van der Waals surface area (Å²) >= 11 is 2.32. The average molecular weight is 433 g/mol. The molecule has 3 nitrogen and oxygen atoms in total. The maximum absolute atomic E-state index is 12.9. The molecule has 0 amide bonds. The molecule has 1 aromatic heterocycles. The van der Waals surface area contributed by atoms with Gasteiger partial charge in [0.15, 0.2) is 0 Å². The Balaban J connectivity index is 2.31. The van der Waals surface area contributed by atoms with Crippen LogP contribution in [0.3, 0.4) is 0 Å². The molecule has 0 unspecified atom stereocenters. The van der Waals surface area contributed by atoms with E-state index in [0.29, 0.717) is 0 Å². The number of carbonyl (C=O) groups is 1. The summed E-state index contributed by atoms with van der Waals surface area (Å²) in [5, 5.41) is 1.07. The van der Waals surface area contributed by atoms with Crippen LogP contribution in [0.4, 0.5) is 4.79 Å². The number of carbonyl (C=O) groups excluding carboxylic acids is 1. The van der Waals surface area contributed by atoms with Gasteiger partial charge in [0, 0.05) is 8.96 Å². The summed E-state index contributed by atoms with van der Waals surface area (Å²) in [5.74, 6) is 0. The van der Waals surface area contributed by atoms with E-state index in [4.69, 9.17) is 4.74 Å². The van der Waals surface area contributed by atoms with Crippen LogP contribution >= 0.6 is 22.6 Å². The van der Waals surface area contributed by atoms with Crippen LogP contribution in [0.15, 0.2) is 48.5 Å². The molecule has 4 heteroatoms. The first-order valence-corrected chi connectivity index (χ1v) is 8.95. The molecule has 0 fully saturated rings. The van der Waals surface area contributed by atoms with Crippen LogP contribution < -0.4 is 0 Å². The Morgan fingerprint density at radius 1 is 1.08 bits per heavy atom. The van der Waals surface area contributed by atoms with Crippen molar-refractivity contribution in [2.45, 2.75) is 33.3 Å². The van der Waals surface area contributed by atoms with Gasteiger partial charge in [-0.25, -0.2) is 9.36 Å². The van der Waals surface area contributed by atoms with Crippen molar-refractivity contribution in [2.75, 3.05) is 0 Å². The van der Waals surface area contributed by atoms with Gasteiger partial charge >= 0.3 is 6.09 Å². The molecule has 0 spiro atoms. The Bertz CT molecular complexity index is 905. The summed E-state index contributed by atoms with van der Waals surface area (Å²) in [6.07, 6.45) is -0.349. The fourth-order valence-electron chi connectivity index (χ4n) is 2.72. The monoisotopic (exact) mass is 433 g/mol. The van der Waals surface area contributed by atoms with Gasteiger partial charge < -0.3 is 4.74 Å². The minimum atomic E-state index is -0.544. The summed E-state index contributed by atoms with van der Waals surface area (Å²) in [7, 11) is 0. The molecule has 0 aliphatic carbocycles. The number of hydrogen-bond donors (Lipinski definition) is 0. The SMILES string of the molecule is Cc1ccc2c(c1)c(I)c(-c1ccccc1)n2C(=O)OC(C)(C)C. The molecule has 0 aliphatic rings. The van der Waals surface area contributed by atoms with Crippen LogP contribution in [-0.4, -0.2) is 16.3 Å². The van der Waals surface area contributed by atoms with Crippen molar-refractivity contribution in [1.29, 1.82) is 0 Å². The van der Waals surface area contributed by atoms with Crippen molar-refractivity contribution >= 4 is 39.6 Å². The highest BCUT2D eigenvalue weighted by Gasteiger charge is 2.25. The van der Waals surface area contributed by atoms with Crippen LogP contribution in [0.25, 0.3) is 22.2 Å². The fraction of sp³-hybridized carbons (Fsp3) is 0.250. The lowest BCUT2D eigenvalue weighted by molar-refractivity contribution is 0.0547. The number of hydrogen-bond acceptors (Lipinski definition) is 2. The summed E-state index contributed by atoms with van der Waals surface area (Å²) in [6.45, 7) is 7.71. The molecule has 0 N–H and O–H groups in total. The summed E-state index contributed by atoms with van der Waals surface area (Å²) in [4.78, 5) is 12.9. The number of benzene rings is 2. The smallest absolute Gasteiger partial charge is 0.419 e. The van der Waals surface area contributed by atoms with Crippen LogP contribution in [0.5, 0.6) is 0 Å². The predicted molar refractivity (Wildman–Crippen MR) is 106 cm³/mol. The Hall–Kier alpha value is -1.82. The molecular formula is C20H20INO2. The molecule has 24 heavy (non-hydrogen) atoms. The Morgan fingerprint density at radius 2 is 1.75 bits per heavy atom. The highest BCUT2D eigenvalue weighted by atomic mass is 127. The number of aromatic nitrogens is 1. The summed E-state index contributed by atoms with van der Waals surface area (Å²) in [6, 6.07) is 16.1. The first-order valence-electron chi connectivity index (χ1n) is 7.87. The van der Waals surface area contributed by atoms with Crippen molar-refractivity contribution in [3.05, 3.63) is 57.7 Å². The lowest BCUT2D eigenvalue weighted by Crippen LogP contribution is -2.27. The molecule has 0 saturated heterocycles. The first kappa shape index (κ1) is 17.0. The van der Waals surface area contributed by atoms with E-state index in [0.717, 1.165) is 25.7 Å². The molecule has 124 valence electrons. The highest BCUT2D eigenvalue weighted by molar-refractivity contribution is 14.1. The Kier molecular flexibility index (Phi) is 4.42. The highest BCUT2D eigenvalue weighted by Crippen LogP contribution is 2.35. The van der Waals surface area contributed by atoms with Gasteiger partial charge in [-0.3, -0.25) is 0 Å². The summed E-state index contributed by atoms with van der Waals surface area (Å²) < 4.78 is 8.41. The van der Waals surface area contributed by atoms with E-state index in [-0.39, 0.29) is 6.09 Å². The minimum absolute atomic E-state index is 0.349. The van der Waals surface area contributed by atoms with Gasteiger partial charge in [-0.1, -0.05) is 42.0 Å². The van der Waals surface area contributed by atoms with Gasteiger partial charge in [0.1, 0.15) is 5.60 Å². The maximum Gasteiger partial charge on any atom is 0.419 e. The minimum Gasteiger partial charge on any atom is -0.443 e. The molecular weight excluding hydrogens is 413 g/mol. The van der Waals surface area contributed by atoms with Crippen molar-refractivity contribution in [2.24, 2.45) is 0 Å². The van der Waals surface area contributed by atoms with Crippen molar-refractivity contribution in [1.82, 2.24) is 4.57 Å². The van der Waals surface area contributed by atoms with E-state index in [2.05, 4.69) is 35.6 Å². The predicted octanol–water partition coefficient (Wildman–Crippen LogP) is 6.00. The standard InChI is InChI=1S/C20H20INO2/c1-13-10-11-16-15(12-13)17(21)18(14-8-6-5-7-9-14)22(16)19(23)24-20(2,3)4/h5-12H,1-4H3. The maximum atomic E-state index is 12.9. The molecule has 3 aromatic rings. The van der Waals surface area contributed by atoms with E-state index < -0.39 is 5.60 Å². The number of halogens is 1. The van der Waals surface area contributed by atoms with E-state index in [1.165, 1.54) is 5.56 Å². The Labute approximate surface area is 155 Å². The fourth-order valence-corrected chi connectivity index (χ4v) is 3.70. The topological polar surface area (TPSA) is 31.2 Å². The number of aryl methyl sites for hydroxylation is 1. The molecule has 0 saturated carbocycles. The van der Waals surface area contributed by atoms with Crippen LogP contribution in [-0.2, 0) is 4.74 Å². The lowest BCUT2D eigenvalue weighted by atomic mass is 10.1. The van der Waals surface area contributed by atoms with Gasteiger partial charge in [-0.15, -0.1) is 0 Å². The third-order valence-corrected chi connectivity index (χ3v) is 4.78. The molecule has 0 bridgehead atoms. The van der Waals surface area contributed by atoms with Crippen LogP contribution in [0.2, 0.25) is 0 Å². The lowest BCUT2D eigenvalue weighted by Gasteiger charge is -2.21. The second kappa shape index (κ2) is 6.24. The quantitative estimate of drug-likeness (QED) is 0.441. The van der Waals surface area contributed by atoms with Crippen LogP contribution in [0, 0.1) is 10.5 Å². The normalized spacial score (nSPS) is 11.7. The molecule has 3 rings (SSSR count).